The number of benzene rings is 3. The molecule has 0 saturated heterocycles. The minimum atomic E-state index is -0.878. The molecule has 0 radical (unpaired) electrons. The Morgan fingerprint density at radius 1 is 0.722 bits per heavy atom. The van der Waals surface area contributed by atoms with Crippen molar-refractivity contribution in [3.63, 3.8) is 0 Å². The Hall–Kier alpha value is -2.68. The SMILES string of the molecule is CCCCOc1ccc(CCc2ccc(-c3ccc(C4CCC(CCC)CC4)cc3)cc2)c(F)c1F. The molecule has 0 N–H and O–H groups in total. The maximum atomic E-state index is 14.5. The zero-order valence-corrected chi connectivity index (χ0v) is 21.9. The molecule has 1 aliphatic rings. The molecule has 1 nitrogen and oxygen atoms in total. The van der Waals surface area contributed by atoms with Crippen LogP contribution in [0, 0.1) is 17.6 Å². The van der Waals surface area contributed by atoms with Crippen LogP contribution in [-0.4, -0.2) is 6.61 Å². The summed E-state index contributed by atoms with van der Waals surface area (Å²) in [5.74, 6) is -0.0274. The lowest BCUT2D eigenvalue weighted by Gasteiger charge is -2.28. The van der Waals surface area contributed by atoms with Gasteiger partial charge in [0.2, 0.25) is 5.82 Å². The lowest BCUT2D eigenvalue weighted by atomic mass is 9.77. The highest BCUT2D eigenvalue weighted by atomic mass is 19.2. The van der Waals surface area contributed by atoms with Gasteiger partial charge in [0.15, 0.2) is 11.6 Å². The molecule has 0 bridgehead atoms. The van der Waals surface area contributed by atoms with Gasteiger partial charge in [-0.05, 0) is 90.7 Å². The Kier molecular flexibility index (Phi) is 9.55. The molecule has 1 saturated carbocycles. The quantitative estimate of drug-likeness (QED) is 0.243. The molecule has 0 atom stereocenters. The normalized spacial score (nSPS) is 17.8. The van der Waals surface area contributed by atoms with Gasteiger partial charge in [0, 0.05) is 0 Å². The van der Waals surface area contributed by atoms with E-state index in [1.54, 1.807) is 12.1 Å². The summed E-state index contributed by atoms with van der Waals surface area (Å²) in [6, 6.07) is 20.7. The van der Waals surface area contributed by atoms with Crippen LogP contribution in [0.1, 0.15) is 87.8 Å². The van der Waals surface area contributed by atoms with Crippen LogP contribution in [0.5, 0.6) is 5.75 Å². The zero-order valence-electron chi connectivity index (χ0n) is 21.9. The van der Waals surface area contributed by atoms with E-state index in [1.807, 2.05) is 6.92 Å². The summed E-state index contributed by atoms with van der Waals surface area (Å²) in [5, 5.41) is 0. The maximum Gasteiger partial charge on any atom is 0.200 e. The molecule has 4 rings (SSSR count). The number of ether oxygens (including phenoxy) is 1. The monoisotopic (exact) mass is 490 g/mol. The molecule has 3 aromatic rings. The van der Waals surface area contributed by atoms with Gasteiger partial charge in [-0.1, -0.05) is 87.7 Å². The third-order valence-electron chi connectivity index (χ3n) is 7.78. The van der Waals surface area contributed by atoms with Crippen molar-refractivity contribution in [3.8, 4) is 16.9 Å². The molecule has 0 unspecified atom stereocenters. The third kappa shape index (κ3) is 6.75. The molecule has 1 fully saturated rings. The van der Waals surface area contributed by atoms with Crippen LogP contribution in [-0.2, 0) is 12.8 Å². The summed E-state index contributed by atoms with van der Waals surface area (Å²) < 4.78 is 34.2. The number of hydrogen-bond donors (Lipinski definition) is 0. The Morgan fingerprint density at radius 2 is 1.39 bits per heavy atom. The molecular weight excluding hydrogens is 450 g/mol. The van der Waals surface area contributed by atoms with Gasteiger partial charge < -0.3 is 4.74 Å². The van der Waals surface area contributed by atoms with E-state index in [0.29, 0.717) is 30.9 Å². The van der Waals surface area contributed by atoms with Gasteiger partial charge in [-0.2, -0.15) is 4.39 Å². The van der Waals surface area contributed by atoms with Crippen molar-refractivity contribution in [1.29, 1.82) is 0 Å². The highest BCUT2D eigenvalue weighted by Gasteiger charge is 2.21. The van der Waals surface area contributed by atoms with Crippen molar-refractivity contribution in [2.75, 3.05) is 6.61 Å². The lowest BCUT2D eigenvalue weighted by molar-refractivity contribution is 0.288. The van der Waals surface area contributed by atoms with Crippen molar-refractivity contribution >= 4 is 0 Å². The van der Waals surface area contributed by atoms with E-state index in [2.05, 4.69) is 55.5 Å². The first-order valence-electron chi connectivity index (χ1n) is 13.9. The fraction of sp³-hybridized carbons (Fsp3) is 0.455. The van der Waals surface area contributed by atoms with Crippen molar-refractivity contribution in [1.82, 2.24) is 0 Å². The largest absolute Gasteiger partial charge is 0.490 e. The highest BCUT2D eigenvalue weighted by Crippen LogP contribution is 2.38. The average molecular weight is 491 g/mol. The van der Waals surface area contributed by atoms with E-state index in [4.69, 9.17) is 4.74 Å². The van der Waals surface area contributed by atoms with Crippen LogP contribution < -0.4 is 4.74 Å². The van der Waals surface area contributed by atoms with Crippen molar-refractivity contribution < 1.29 is 13.5 Å². The summed E-state index contributed by atoms with van der Waals surface area (Å²) in [7, 11) is 0. The minimum absolute atomic E-state index is 0.00393. The first-order valence-corrected chi connectivity index (χ1v) is 13.9. The van der Waals surface area contributed by atoms with Gasteiger partial charge in [-0.15, -0.1) is 0 Å². The van der Waals surface area contributed by atoms with Gasteiger partial charge >= 0.3 is 0 Å². The molecule has 3 aromatic carbocycles. The summed E-state index contributed by atoms with van der Waals surface area (Å²) >= 11 is 0. The van der Waals surface area contributed by atoms with E-state index in [-0.39, 0.29) is 5.75 Å². The second-order valence-corrected chi connectivity index (χ2v) is 10.4. The van der Waals surface area contributed by atoms with E-state index in [9.17, 15) is 8.78 Å². The Bertz CT molecular complexity index is 1080. The molecule has 0 spiro atoms. The summed E-state index contributed by atoms with van der Waals surface area (Å²) in [6.07, 6.45) is 10.9. The summed E-state index contributed by atoms with van der Waals surface area (Å²) in [6.45, 7) is 4.73. The number of unbranched alkanes of at least 4 members (excludes halogenated alkanes) is 1. The molecule has 3 heteroatoms. The topological polar surface area (TPSA) is 9.23 Å². The van der Waals surface area contributed by atoms with Crippen molar-refractivity contribution in [2.24, 2.45) is 5.92 Å². The van der Waals surface area contributed by atoms with Gasteiger partial charge in [0.1, 0.15) is 0 Å². The van der Waals surface area contributed by atoms with Crippen LogP contribution in [0.4, 0.5) is 8.78 Å². The highest BCUT2D eigenvalue weighted by molar-refractivity contribution is 5.64. The van der Waals surface area contributed by atoms with Crippen LogP contribution in [0.3, 0.4) is 0 Å². The molecular formula is C33H40F2O. The smallest absolute Gasteiger partial charge is 0.200 e. The average Bonchev–Trinajstić information content (AvgIpc) is 2.92. The zero-order chi connectivity index (χ0) is 25.3. The first-order chi connectivity index (χ1) is 17.6. The number of aryl methyl sites for hydroxylation is 2. The molecule has 1 aliphatic carbocycles. The molecule has 192 valence electrons. The third-order valence-corrected chi connectivity index (χ3v) is 7.78. The van der Waals surface area contributed by atoms with Gasteiger partial charge in [0.05, 0.1) is 6.61 Å². The molecule has 0 heterocycles. The van der Waals surface area contributed by atoms with Crippen LogP contribution in [0.25, 0.3) is 11.1 Å². The second-order valence-electron chi connectivity index (χ2n) is 10.4. The number of halogens is 2. The number of hydrogen-bond acceptors (Lipinski definition) is 1. The Morgan fingerprint density at radius 3 is 2.03 bits per heavy atom. The van der Waals surface area contributed by atoms with Crippen molar-refractivity contribution in [3.05, 3.63) is 89.0 Å². The van der Waals surface area contributed by atoms with Gasteiger partial charge in [-0.25, -0.2) is 4.39 Å². The molecule has 0 amide bonds. The van der Waals surface area contributed by atoms with E-state index < -0.39 is 11.6 Å². The Labute approximate surface area is 215 Å². The van der Waals surface area contributed by atoms with E-state index in [0.717, 1.165) is 24.3 Å². The van der Waals surface area contributed by atoms with E-state index in [1.165, 1.54) is 55.2 Å². The predicted octanol–water partition coefficient (Wildman–Crippen LogP) is 9.67. The van der Waals surface area contributed by atoms with Crippen LogP contribution in [0.15, 0.2) is 60.7 Å². The fourth-order valence-electron chi connectivity index (χ4n) is 5.49. The first kappa shape index (κ1) is 26.4. The summed E-state index contributed by atoms with van der Waals surface area (Å²) in [5.41, 5.74) is 5.38. The van der Waals surface area contributed by atoms with Crippen LogP contribution >= 0.6 is 0 Å². The minimum Gasteiger partial charge on any atom is -0.490 e. The molecule has 0 aliphatic heterocycles. The van der Waals surface area contributed by atoms with E-state index >= 15 is 0 Å². The maximum absolute atomic E-state index is 14.5. The Balaban J connectivity index is 1.32. The van der Waals surface area contributed by atoms with Crippen molar-refractivity contribution in [2.45, 2.75) is 84.0 Å². The molecule has 0 aromatic heterocycles. The predicted molar refractivity (Wildman–Crippen MR) is 146 cm³/mol. The van der Waals surface area contributed by atoms with Gasteiger partial charge in [0.25, 0.3) is 0 Å². The fourth-order valence-corrected chi connectivity index (χ4v) is 5.49. The second kappa shape index (κ2) is 13.0. The molecule has 36 heavy (non-hydrogen) atoms. The number of rotatable bonds is 11. The van der Waals surface area contributed by atoms with Crippen LogP contribution in [0.2, 0.25) is 0 Å². The standard InChI is InChI=1S/C33H40F2O/c1-3-5-23-36-31-22-21-30(32(34)33(31)35)16-11-25-9-14-27(15-10-25)29-19-17-28(18-20-29)26-12-7-24(6-4-2)8-13-26/h9-10,14-15,17-22,24,26H,3-8,11-13,16,23H2,1-2H3. The summed E-state index contributed by atoms with van der Waals surface area (Å²) in [4.78, 5) is 0. The van der Waals surface area contributed by atoms with Gasteiger partial charge in [-0.3, -0.25) is 0 Å². The lowest BCUT2D eigenvalue weighted by Crippen LogP contribution is -2.13.